The molecular formula is C17H15F2N3O. The third-order valence-electron chi connectivity index (χ3n) is 3.67. The van der Waals surface area contributed by atoms with Gasteiger partial charge >= 0.3 is 0 Å². The van der Waals surface area contributed by atoms with Gasteiger partial charge in [-0.3, -0.25) is 4.79 Å². The summed E-state index contributed by atoms with van der Waals surface area (Å²) in [7, 11) is 0. The van der Waals surface area contributed by atoms with Gasteiger partial charge in [0.25, 0.3) is 0 Å². The monoisotopic (exact) mass is 315 g/mol. The van der Waals surface area contributed by atoms with Crippen LogP contribution < -0.4 is 5.32 Å². The number of benzene rings is 1. The van der Waals surface area contributed by atoms with Crippen LogP contribution in [0.15, 0.2) is 36.5 Å². The number of aromatic nitrogens is 2. The molecular weight excluding hydrogens is 300 g/mol. The third-order valence-corrected chi connectivity index (χ3v) is 3.67. The fourth-order valence-electron chi connectivity index (χ4n) is 2.52. The summed E-state index contributed by atoms with van der Waals surface area (Å²) in [6, 6.07) is 6.75. The van der Waals surface area contributed by atoms with Crippen LogP contribution in [-0.4, -0.2) is 15.3 Å². The Morgan fingerprint density at radius 3 is 2.83 bits per heavy atom. The Bertz CT molecular complexity index is 902. The Hall–Kier alpha value is -2.76. The summed E-state index contributed by atoms with van der Waals surface area (Å²) in [6.07, 6.45) is 1.85. The fraction of sp³-hybridized carbons (Fsp3) is 0.176. The number of hydrogen-bond donors (Lipinski definition) is 1. The molecule has 0 aliphatic carbocycles. The molecule has 0 saturated carbocycles. The van der Waals surface area contributed by atoms with Gasteiger partial charge in [0.15, 0.2) is 0 Å². The highest BCUT2D eigenvalue weighted by Gasteiger charge is 2.15. The van der Waals surface area contributed by atoms with Gasteiger partial charge < -0.3 is 9.72 Å². The number of halogens is 2. The molecule has 0 aliphatic rings. The molecule has 3 aromatic rings. The molecule has 0 radical (unpaired) electrons. The zero-order chi connectivity index (χ0) is 16.6. The van der Waals surface area contributed by atoms with Crippen molar-refractivity contribution in [2.24, 2.45) is 0 Å². The number of carbonyl (C=O) groups is 1. The van der Waals surface area contributed by atoms with E-state index in [2.05, 4.69) is 10.3 Å². The van der Waals surface area contributed by atoms with E-state index in [-0.39, 0.29) is 12.1 Å². The molecule has 1 amide bonds. The molecule has 3 rings (SSSR count). The van der Waals surface area contributed by atoms with Crippen LogP contribution in [0.25, 0.3) is 5.65 Å². The minimum Gasteiger partial charge on any atom is -0.323 e. The maximum atomic E-state index is 13.6. The van der Waals surface area contributed by atoms with Crippen molar-refractivity contribution in [3.8, 4) is 0 Å². The van der Waals surface area contributed by atoms with Gasteiger partial charge in [-0.05, 0) is 37.6 Å². The van der Waals surface area contributed by atoms with Crippen LogP contribution in [-0.2, 0) is 11.2 Å². The molecule has 1 N–H and O–H groups in total. The number of aryl methyl sites for hydroxylation is 2. The molecule has 4 nitrogen and oxygen atoms in total. The number of nitrogens with one attached hydrogen (secondary N) is 1. The van der Waals surface area contributed by atoms with Crippen molar-refractivity contribution < 1.29 is 13.6 Å². The molecule has 1 aromatic carbocycles. The molecule has 6 heteroatoms. The van der Waals surface area contributed by atoms with Crippen molar-refractivity contribution in [3.63, 3.8) is 0 Å². The normalized spacial score (nSPS) is 11.0. The van der Waals surface area contributed by atoms with E-state index in [1.54, 1.807) is 0 Å². The first-order valence-electron chi connectivity index (χ1n) is 7.14. The van der Waals surface area contributed by atoms with E-state index < -0.39 is 17.5 Å². The predicted octanol–water partition coefficient (Wildman–Crippen LogP) is 3.41. The molecule has 0 spiro atoms. The van der Waals surface area contributed by atoms with Gasteiger partial charge in [-0.2, -0.15) is 0 Å². The number of amides is 1. The number of imidazole rings is 1. The molecule has 0 bridgehead atoms. The molecule has 118 valence electrons. The first kappa shape index (κ1) is 15.1. The minimum absolute atomic E-state index is 0.0202. The van der Waals surface area contributed by atoms with Crippen molar-refractivity contribution in [3.05, 3.63) is 65.1 Å². The van der Waals surface area contributed by atoms with Gasteiger partial charge in [-0.25, -0.2) is 13.8 Å². The summed E-state index contributed by atoms with van der Waals surface area (Å²) < 4.78 is 28.6. The van der Waals surface area contributed by atoms with E-state index in [1.165, 1.54) is 0 Å². The second-order valence-electron chi connectivity index (χ2n) is 5.38. The number of nitrogens with zero attached hydrogens (tertiary/aromatic N) is 2. The highest BCUT2D eigenvalue weighted by molar-refractivity contribution is 5.92. The van der Waals surface area contributed by atoms with Gasteiger partial charge in [-0.1, -0.05) is 6.07 Å². The lowest BCUT2D eigenvalue weighted by Crippen LogP contribution is -2.17. The molecule has 0 fully saturated rings. The summed E-state index contributed by atoms with van der Waals surface area (Å²) in [6.45, 7) is 3.76. The number of rotatable bonds is 3. The van der Waals surface area contributed by atoms with Gasteiger partial charge in [0, 0.05) is 12.3 Å². The Balaban J connectivity index is 1.87. The van der Waals surface area contributed by atoms with Crippen molar-refractivity contribution in [2.75, 3.05) is 5.32 Å². The molecule has 23 heavy (non-hydrogen) atoms. The Morgan fingerprint density at radius 1 is 1.26 bits per heavy atom. The van der Waals surface area contributed by atoms with Gasteiger partial charge in [0.2, 0.25) is 5.91 Å². The number of anilines is 1. The van der Waals surface area contributed by atoms with Crippen LogP contribution in [0.3, 0.4) is 0 Å². The van der Waals surface area contributed by atoms with E-state index in [0.29, 0.717) is 0 Å². The van der Waals surface area contributed by atoms with Crippen LogP contribution in [0.2, 0.25) is 0 Å². The van der Waals surface area contributed by atoms with Crippen molar-refractivity contribution in [1.29, 1.82) is 0 Å². The van der Waals surface area contributed by atoms with Gasteiger partial charge in [-0.15, -0.1) is 0 Å². The van der Waals surface area contributed by atoms with Gasteiger partial charge in [0.05, 0.1) is 23.5 Å². The smallest absolute Gasteiger partial charge is 0.230 e. The molecule has 0 aliphatic heterocycles. The Kier molecular flexibility index (Phi) is 3.82. The third kappa shape index (κ3) is 2.92. The lowest BCUT2D eigenvalue weighted by molar-refractivity contribution is -0.115. The van der Waals surface area contributed by atoms with Crippen LogP contribution in [0, 0.1) is 25.5 Å². The van der Waals surface area contributed by atoms with Crippen LogP contribution >= 0.6 is 0 Å². The standard InChI is InChI=1S/C17H15F2N3O/c1-10-4-3-7-22-15(11(2)20-17(10)22)9-16(23)21-14-8-12(18)5-6-13(14)19/h3-8H,9H2,1-2H3,(H,21,23). The largest absolute Gasteiger partial charge is 0.323 e. The van der Waals surface area contributed by atoms with E-state index >= 15 is 0 Å². The second kappa shape index (κ2) is 5.79. The molecule has 2 aromatic heterocycles. The average molecular weight is 315 g/mol. The topological polar surface area (TPSA) is 46.4 Å². The Labute approximate surface area is 131 Å². The average Bonchev–Trinajstić information content (AvgIpc) is 2.81. The van der Waals surface area contributed by atoms with Crippen molar-refractivity contribution >= 4 is 17.2 Å². The summed E-state index contributed by atoms with van der Waals surface area (Å²) in [5.74, 6) is -1.71. The van der Waals surface area contributed by atoms with Gasteiger partial charge in [0.1, 0.15) is 17.3 Å². The molecule has 0 atom stereocenters. The Morgan fingerprint density at radius 2 is 2.04 bits per heavy atom. The first-order valence-corrected chi connectivity index (χ1v) is 7.14. The molecule has 2 heterocycles. The van der Waals surface area contributed by atoms with Crippen molar-refractivity contribution in [1.82, 2.24) is 9.38 Å². The first-order chi connectivity index (χ1) is 11.0. The molecule has 0 saturated heterocycles. The highest BCUT2D eigenvalue weighted by atomic mass is 19.1. The SMILES string of the molecule is Cc1nc2c(C)cccn2c1CC(=O)Nc1cc(F)ccc1F. The zero-order valence-electron chi connectivity index (χ0n) is 12.7. The number of hydrogen-bond acceptors (Lipinski definition) is 2. The van der Waals surface area contributed by atoms with Crippen LogP contribution in [0.4, 0.5) is 14.5 Å². The number of carbonyl (C=O) groups excluding carboxylic acids is 1. The maximum absolute atomic E-state index is 13.6. The minimum atomic E-state index is -0.676. The maximum Gasteiger partial charge on any atom is 0.230 e. The quantitative estimate of drug-likeness (QED) is 0.805. The van der Waals surface area contributed by atoms with Crippen LogP contribution in [0.1, 0.15) is 17.0 Å². The summed E-state index contributed by atoms with van der Waals surface area (Å²) in [5.41, 5.74) is 3.06. The van der Waals surface area contributed by atoms with E-state index in [1.807, 2.05) is 36.6 Å². The number of pyridine rings is 1. The van der Waals surface area contributed by atoms with E-state index in [0.717, 1.165) is 40.8 Å². The van der Waals surface area contributed by atoms with E-state index in [9.17, 15) is 13.6 Å². The summed E-state index contributed by atoms with van der Waals surface area (Å²) in [5, 5.41) is 2.40. The summed E-state index contributed by atoms with van der Waals surface area (Å²) >= 11 is 0. The summed E-state index contributed by atoms with van der Waals surface area (Å²) in [4.78, 5) is 16.6. The van der Waals surface area contributed by atoms with Crippen molar-refractivity contribution in [2.45, 2.75) is 20.3 Å². The predicted molar refractivity (Wildman–Crippen MR) is 83.4 cm³/mol. The fourth-order valence-corrected chi connectivity index (χ4v) is 2.52. The molecule has 0 unspecified atom stereocenters. The zero-order valence-corrected chi connectivity index (χ0v) is 12.7. The number of fused-ring (bicyclic) bond motifs is 1. The second-order valence-corrected chi connectivity index (χ2v) is 5.38. The van der Waals surface area contributed by atoms with E-state index in [4.69, 9.17) is 0 Å². The lowest BCUT2D eigenvalue weighted by atomic mass is 10.2. The van der Waals surface area contributed by atoms with Crippen LogP contribution in [0.5, 0.6) is 0 Å². The highest BCUT2D eigenvalue weighted by Crippen LogP contribution is 2.18. The lowest BCUT2D eigenvalue weighted by Gasteiger charge is -2.07.